The molecule has 10 heteroatoms. The molecular weight excluding hydrogens is 1040 g/mol. The van der Waals surface area contributed by atoms with E-state index in [1.54, 1.807) is 0 Å². The highest BCUT2D eigenvalue weighted by Gasteiger charge is 2.27. The minimum absolute atomic E-state index is 0.0262. The first-order valence-electron chi connectivity index (χ1n) is 33.3. The Balaban J connectivity index is 4.08. The standard InChI is InChI=1S/C72H124NO8P/c1-6-8-10-12-14-16-18-20-22-24-26-28-30-32-33-34-35-36-37-38-39-41-43-45-47-49-51-53-55-57-59-61-63-65-72(75)81-70(69-80-82(76,77)79-67-66-73(3,4)5)68-78-71(74)64-62-60-58-56-54-52-50-48-46-44-42-40-31-29-27-25-23-21-19-17-15-13-11-9-7-2/h8-11,14-17,20-23,26-29,32-33,40,42,70H,6-7,12-13,18-19,24-25,30-31,34-39,41,43-69H2,1-5H3/p+1/b10-8-,11-9-,16-14-,17-15-,22-20-,23-21-,28-26-,29-27-,33-32-,42-40-. The van der Waals surface area contributed by atoms with Gasteiger partial charge in [0.05, 0.1) is 27.7 Å². The summed E-state index contributed by atoms with van der Waals surface area (Å²) in [5, 5.41) is 0. The van der Waals surface area contributed by atoms with Crippen molar-refractivity contribution >= 4 is 19.8 Å². The molecule has 0 aromatic rings. The number of hydrogen-bond acceptors (Lipinski definition) is 7. The van der Waals surface area contributed by atoms with Gasteiger partial charge in [-0.3, -0.25) is 18.6 Å². The van der Waals surface area contributed by atoms with Crippen molar-refractivity contribution in [3.05, 3.63) is 122 Å². The number of likely N-dealkylation sites (N-methyl/N-ethyl adjacent to an activating group) is 1. The molecule has 0 saturated carbocycles. The summed E-state index contributed by atoms with van der Waals surface area (Å²) in [6, 6.07) is 0. The summed E-state index contributed by atoms with van der Waals surface area (Å²) < 4.78 is 34.7. The Labute approximate surface area is 505 Å². The maximum absolute atomic E-state index is 12.9. The molecule has 0 bridgehead atoms. The maximum atomic E-state index is 12.9. The molecule has 0 fully saturated rings. The number of carbonyl (C=O) groups is 2. The average Bonchev–Trinajstić information content (AvgIpc) is 3.46. The van der Waals surface area contributed by atoms with Gasteiger partial charge in [0, 0.05) is 12.8 Å². The molecule has 0 saturated heterocycles. The molecule has 0 rings (SSSR count). The molecule has 0 aromatic carbocycles. The molecular formula is C72H125NO8P+. The van der Waals surface area contributed by atoms with Crippen LogP contribution in [0, 0.1) is 0 Å². The Hall–Kier alpha value is -3.59. The van der Waals surface area contributed by atoms with Crippen LogP contribution in [0.25, 0.3) is 0 Å². The van der Waals surface area contributed by atoms with E-state index in [0.717, 1.165) is 116 Å². The third-order valence-electron chi connectivity index (χ3n) is 14.0. The van der Waals surface area contributed by atoms with Gasteiger partial charge in [0.25, 0.3) is 0 Å². The molecule has 0 radical (unpaired) electrons. The van der Waals surface area contributed by atoms with Gasteiger partial charge in [0.2, 0.25) is 0 Å². The van der Waals surface area contributed by atoms with Gasteiger partial charge in [0.15, 0.2) is 6.10 Å². The van der Waals surface area contributed by atoms with Gasteiger partial charge in [-0.15, -0.1) is 0 Å². The van der Waals surface area contributed by atoms with Gasteiger partial charge in [-0.2, -0.15) is 0 Å². The van der Waals surface area contributed by atoms with Crippen molar-refractivity contribution < 1.29 is 42.1 Å². The zero-order valence-corrected chi connectivity index (χ0v) is 54.3. The smallest absolute Gasteiger partial charge is 0.462 e. The van der Waals surface area contributed by atoms with Crippen LogP contribution >= 0.6 is 7.82 Å². The Kier molecular flexibility index (Phi) is 59.2. The van der Waals surface area contributed by atoms with Gasteiger partial charge in [-0.25, -0.2) is 4.57 Å². The lowest BCUT2D eigenvalue weighted by Gasteiger charge is -2.24. The van der Waals surface area contributed by atoms with E-state index in [1.807, 2.05) is 21.1 Å². The van der Waals surface area contributed by atoms with E-state index in [1.165, 1.54) is 122 Å². The molecule has 9 nitrogen and oxygen atoms in total. The van der Waals surface area contributed by atoms with Crippen molar-refractivity contribution in [2.45, 2.75) is 277 Å². The number of unbranched alkanes of at least 4 members (excludes halogenated alkanes) is 26. The van der Waals surface area contributed by atoms with E-state index >= 15 is 0 Å². The van der Waals surface area contributed by atoms with E-state index < -0.39 is 26.5 Å². The van der Waals surface area contributed by atoms with Crippen LogP contribution < -0.4 is 0 Å². The fourth-order valence-electron chi connectivity index (χ4n) is 8.95. The first kappa shape index (κ1) is 78.4. The summed E-state index contributed by atoms with van der Waals surface area (Å²) in [7, 11) is 1.47. The molecule has 0 heterocycles. The summed E-state index contributed by atoms with van der Waals surface area (Å²) in [6.45, 7) is 4.21. The quantitative estimate of drug-likeness (QED) is 0.0211. The number of hydrogen-bond donors (Lipinski definition) is 1. The molecule has 0 amide bonds. The van der Waals surface area contributed by atoms with Gasteiger partial charge < -0.3 is 18.9 Å². The normalized spacial score (nSPS) is 14.0. The SMILES string of the molecule is CC/C=C\C/C=C\C/C=C\C/C=C\C/C=C\CCCCCCCCCCCCCCCCCCCC(=O)OC(COC(=O)CCCCCCCCCCC/C=C\C/C=C\C/C=C\C/C=C\C/C=C\CC)COP(=O)(O)OCC[N+](C)(C)C. The van der Waals surface area contributed by atoms with E-state index in [2.05, 4.69) is 135 Å². The number of quaternary nitrogens is 1. The van der Waals surface area contributed by atoms with Crippen molar-refractivity contribution in [3.63, 3.8) is 0 Å². The number of nitrogens with zero attached hydrogens (tertiary/aromatic N) is 1. The fraction of sp³-hybridized carbons (Fsp3) is 0.694. The van der Waals surface area contributed by atoms with Gasteiger partial charge in [-0.05, 0) is 103 Å². The topological polar surface area (TPSA) is 108 Å². The van der Waals surface area contributed by atoms with Crippen LogP contribution in [-0.2, 0) is 32.7 Å². The Morgan fingerprint density at radius 3 is 0.976 bits per heavy atom. The molecule has 82 heavy (non-hydrogen) atoms. The lowest BCUT2D eigenvalue weighted by atomic mass is 10.0. The molecule has 0 aromatic heterocycles. The summed E-state index contributed by atoms with van der Waals surface area (Å²) in [4.78, 5) is 35.8. The zero-order valence-electron chi connectivity index (χ0n) is 53.4. The number of ether oxygens (including phenoxy) is 2. The highest BCUT2D eigenvalue weighted by molar-refractivity contribution is 7.47. The highest BCUT2D eigenvalue weighted by Crippen LogP contribution is 2.43. The summed E-state index contributed by atoms with van der Waals surface area (Å²) >= 11 is 0. The molecule has 2 atom stereocenters. The van der Waals surface area contributed by atoms with E-state index in [-0.39, 0.29) is 32.0 Å². The van der Waals surface area contributed by atoms with Crippen LogP contribution in [0.4, 0.5) is 0 Å². The second-order valence-corrected chi connectivity index (χ2v) is 24.5. The lowest BCUT2D eigenvalue weighted by molar-refractivity contribution is -0.870. The molecule has 0 spiro atoms. The monoisotopic (exact) mass is 1160 g/mol. The van der Waals surface area contributed by atoms with Crippen molar-refractivity contribution in [2.75, 3.05) is 47.5 Å². The number of esters is 2. The number of carbonyl (C=O) groups excluding carboxylic acids is 2. The van der Waals surface area contributed by atoms with E-state index in [4.69, 9.17) is 18.5 Å². The van der Waals surface area contributed by atoms with Crippen molar-refractivity contribution in [2.24, 2.45) is 0 Å². The van der Waals surface area contributed by atoms with Crippen LogP contribution in [0.5, 0.6) is 0 Å². The third kappa shape index (κ3) is 65.6. The fourth-order valence-corrected chi connectivity index (χ4v) is 9.69. The van der Waals surface area contributed by atoms with Crippen LogP contribution in [0.1, 0.15) is 271 Å². The average molecular weight is 1160 g/mol. The number of phosphoric ester groups is 1. The zero-order chi connectivity index (χ0) is 59.8. The highest BCUT2D eigenvalue weighted by atomic mass is 31.2. The van der Waals surface area contributed by atoms with Crippen LogP contribution in [-0.4, -0.2) is 74.9 Å². The number of rotatable bonds is 60. The second kappa shape index (κ2) is 62.0. The van der Waals surface area contributed by atoms with E-state index in [9.17, 15) is 19.0 Å². The van der Waals surface area contributed by atoms with Crippen molar-refractivity contribution in [3.8, 4) is 0 Å². The lowest BCUT2D eigenvalue weighted by Crippen LogP contribution is -2.37. The number of allylic oxidation sites excluding steroid dienone is 20. The Bertz CT molecular complexity index is 1800. The van der Waals surface area contributed by atoms with Crippen LogP contribution in [0.2, 0.25) is 0 Å². The minimum atomic E-state index is -4.40. The van der Waals surface area contributed by atoms with Crippen molar-refractivity contribution in [1.82, 2.24) is 0 Å². The first-order chi connectivity index (χ1) is 40.0. The molecule has 0 aliphatic heterocycles. The molecule has 0 aliphatic carbocycles. The van der Waals surface area contributed by atoms with Gasteiger partial charge in [-0.1, -0.05) is 277 Å². The second-order valence-electron chi connectivity index (χ2n) is 23.1. The molecule has 470 valence electrons. The summed E-state index contributed by atoms with van der Waals surface area (Å²) in [5.41, 5.74) is 0. The first-order valence-corrected chi connectivity index (χ1v) is 34.8. The van der Waals surface area contributed by atoms with E-state index in [0.29, 0.717) is 17.4 Å². The summed E-state index contributed by atoms with van der Waals surface area (Å²) in [6.07, 6.45) is 88.6. The maximum Gasteiger partial charge on any atom is 0.472 e. The summed E-state index contributed by atoms with van der Waals surface area (Å²) in [5.74, 6) is -0.803. The molecule has 0 aliphatic rings. The molecule has 1 N–H and O–H groups in total. The van der Waals surface area contributed by atoms with Crippen LogP contribution in [0.15, 0.2) is 122 Å². The van der Waals surface area contributed by atoms with Gasteiger partial charge >= 0.3 is 19.8 Å². The number of phosphoric acid groups is 1. The van der Waals surface area contributed by atoms with Crippen molar-refractivity contribution in [1.29, 1.82) is 0 Å². The predicted molar refractivity (Wildman–Crippen MR) is 353 cm³/mol. The predicted octanol–water partition coefficient (Wildman–Crippen LogP) is 21.5. The van der Waals surface area contributed by atoms with Crippen LogP contribution in [0.3, 0.4) is 0 Å². The van der Waals surface area contributed by atoms with Gasteiger partial charge in [0.1, 0.15) is 19.8 Å². The minimum Gasteiger partial charge on any atom is -0.462 e. The Morgan fingerprint density at radius 2 is 0.659 bits per heavy atom. The largest absolute Gasteiger partial charge is 0.472 e. The third-order valence-corrected chi connectivity index (χ3v) is 15.0. The Morgan fingerprint density at radius 1 is 0.378 bits per heavy atom. The molecule has 2 unspecified atom stereocenters.